The molecule has 0 bridgehead atoms. The number of rotatable bonds is 5. The molecule has 1 atom stereocenters. The van der Waals surface area contributed by atoms with E-state index in [1.807, 2.05) is 54.6 Å². The van der Waals surface area contributed by atoms with E-state index in [2.05, 4.69) is 10.2 Å². The number of hydrogen-bond acceptors (Lipinski definition) is 6. The Labute approximate surface area is 205 Å². The Morgan fingerprint density at radius 2 is 1.91 bits per heavy atom. The van der Waals surface area contributed by atoms with Crippen molar-refractivity contribution in [2.24, 2.45) is 11.7 Å². The molecule has 5 rings (SSSR count). The smallest absolute Gasteiger partial charge is 0.267 e. The second-order valence-corrected chi connectivity index (χ2v) is 9.81. The first-order valence-corrected chi connectivity index (χ1v) is 12.5. The van der Waals surface area contributed by atoms with Gasteiger partial charge in [0.1, 0.15) is 0 Å². The first-order chi connectivity index (χ1) is 16.9. The van der Waals surface area contributed by atoms with E-state index >= 15 is 0 Å². The molecule has 9 nitrogen and oxygen atoms in total. The molecular formula is C25H26N6O3S. The fourth-order valence-electron chi connectivity index (χ4n) is 4.62. The largest absolute Gasteiger partial charge is 0.369 e. The standard InChI is InChI=1S/C25H26N6O3S/c1-15-7-5-11-19(16(15)2)30-23(34)18-9-3-4-10-20(18)31-24(30)27-28-25(31)35-14-21(32)29-12-6-8-17(13-29)22(26)33/h3-5,7,9-11,17H,6,8,12-14H2,1-2H3,(H2,26,33). The summed E-state index contributed by atoms with van der Waals surface area (Å²) < 4.78 is 3.42. The van der Waals surface area contributed by atoms with Gasteiger partial charge in [-0.15, -0.1) is 10.2 Å². The third kappa shape index (κ3) is 4.07. The van der Waals surface area contributed by atoms with Gasteiger partial charge in [-0.05, 0) is 56.0 Å². The van der Waals surface area contributed by atoms with E-state index in [9.17, 15) is 14.4 Å². The third-order valence-corrected chi connectivity index (χ3v) is 7.63. The summed E-state index contributed by atoms with van der Waals surface area (Å²) in [6.45, 7) is 4.94. The first kappa shape index (κ1) is 23.1. The zero-order valence-electron chi connectivity index (χ0n) is 19.6. The average molecular weight is 491 g/mol. The van der Waals surface area contributed by atoms with Gasteiger partial charge in [-0.1, -0.05) is 36.0 Å². The van der Waals surface area contributed by atoms with E-state index in [0.29, 0.717) is 41.3 Å². The van der Waals surface area contributed by atoms with E-state index in [-0.39, 0.29) is 29.0 Å². The molecule has 2 N–H and O–H groups in total. The second kappa shape index (κ2) is 9.18. The maximum absolute atomic E-state index is 13.6. The number of aryl methyl sites for hydroxylation is 1. The molecule has 3 heterocycles. The number of hydrogen-bond donors (Lipinski definition) is 1. The van der Waals surface area contributed by atoms with Crippen molar-refractivity contribution < 1.29 is 9.59 Å². The molecule has 1 aliphatic rings. The summed E-state index contributed by atoms with van der Waals surface area (Å²) in [5, 5.41) is 9.78. The number of aromatic nitrogens is 4. The minimum Gasteiger partial charge on any atom is -0.369 e. The van der Waals surface area contributed by atoms with Gasteiger partial charge < -0.3 is 10.6 Å². The number of nitrogens with two attached hydrogens (primary N) is 1. The van der Waals surface area contributed by atoms with Crippen molar-refractivity contribution in [1.82, 2.24) is 24.1 Å². The van der Waals surface area contributed by atoms with Gasteiger partial charge in [-0.2, -0.15) is 0 Å². The molecular weight excluding hydrogens is 464 g/mol. The number of piperidine rings is 1. The first-order valence-electron chi connectivity index (χ1n) is 11.5. The predicted molar refractivity (Wildman–Crippen MR) is 135 cm³/mol. The molecule has 4 aromatic rings. The zero-order valence-corrected chi connectivity index (χ0v) is 20.4. The SMILES string of the molecule is Cc1cccc(-n2c(=O)c3ccccc3n3c(SCC(=O)N4CCCC(C(N)=O)C4)nnc23)c1C. The summed E-state index contributed by atoms with van der Waals surface area (Å²) in [6, 6.07) is 13.1. The van der Waals surface area contributed by atoms with Gasteiger partial charge in [0, 0.05) is 13.1 Å². The Hall–Kier alpha value is -3.66. The van der Waals surface area contributed by atoms with Crippen LogP contribution < -0.4 is 11.3 Å². The lowest BCUT2D eigenvalue weighted by atomic mass is 9.97. The quantitative estimate of drug-likeness (QED) is 0.430. The lowest BCUT2D eigenvalue weighted by Gasteiger charge is -2.31. The van der Waals surface area contributed by atoms with Crippen LogP contribution in [0.4, 0.5) is 0 Å². The highest BCUT2D eigenvalue weighted by molar-refractivity contribution is 7.99. The van der Waals surface area contributed by atoms with E-state index in [0.717, 1.165) is 23.2 Å². The molecule has 1 unspecified atom stereocenters. The van der Waals surface area contributed by atoms with Crippen molar-refractivity contribution in [3.8, 4) is 5.69 Å². The minimum absolute atomic E-state index is 0.0788. The number of nitrogens with zero attached hydrogens (tertiary/aromatic N) is 5. The number of benzene rings is 2. The Balaban J connectivity index is 1.55. The Kier molecular flexibility index (Phi) is 6.06. The summed E-state index contributed by atoms with van der Waals surface area (Å²) in [5.41, 5.74) is 8.76. The van der Waals surface area contributed by atoms with Crippen LogP contribution in [0.3, 0.4) is 0 Å². The number of primary amides is 1. The van der Waals surface area contributed by atoms with E-state index in [1.54, 1.807) is 15.5 Å². The van der Waals surface area contributed by atoms with Crippen molar-refractivity contribution in [3.05, 3.63) is 63.9 Å². The van der Waals surface area contributed by atoms with Gasteiger partial charge in [0.2, 0.25) is 17.6 Å². The van der Waals surface area contributed by atoms with Crippen LogP contribution in [-0.2, 0) is 9.59 Å². The molecule has 180 valence electrons. The maximum atomic E-state index is 13.6. The molecule has 35 heavy (non-hydrogen) atoms. The predicted octanol–water partition coefficient (Wildman–Crippen LogP) is 2.47. The summed E-state index contributed by atoms with van der Waals surface area (Å²) in [7, 11) is 0. The van der Waals surface area contributed by atoms with Crippen molar-refractivity contribution in [1.29, 1.82) is 0 Å². The number of carbonyl (C=O) groups is 2. The number of likely N-dealkylation sites (tertiary alicyclic amines) is 1. The zero-order chi connectivity index (χ0) is 24.7. The Bertz CT molecular complexity index is 1530. The molecule has 10 heteroatoms. The highest BCUT2D eigenvalue weighted by Gasteiger charge is 2.27. The van der Waals surface area contributed by atoms with Crippen molar-refractivity contribution >= 4 is 40.3 Å². The van der Waals surface area contributed by atoms with Gasteiger partial charge in [-0.3, -0.25) is 18.8 Å². The Morgan fingerprint density at radius 1 is 1.11 bits per heavy atom. The monoisotopic (exact) mass is 490 g/mol. The molecule has 2 aromatic carbocycles. The number of carbonyl (C=O) groups excluding carboxylic acids is 2. The molecule has 1 fully saturated rings. The molecule has 0 spiro atoms. The summed E-state index contributed by atoms with van der Waals surface area (Å²) in [5.74, 6) is -0.213. The molecule has 0 aliphatic carbocycles. The molecule has 2 amide bonds. The minimum atomic E-state index is -0.366. The summed E-state index contributed by atoms with van der Waals surface area (Å²) in [6.07, 6.45) is 1.47. The normalized spacial score (nSPS) is 16.2. The molecule has 0 radical (unpaired) electrons. The van der Waals surface area contributed by atoms with Crippen molar-refractivity contribution in [2.45, 2.75) is 31.8 Å². The summed E-state index contributed by atoms with van der Waals surface area (Å²) in [4.78, 5) is 39.8. The number of fused-ring (bicyclic) bond motifs is 3. The van der Waals surface area contributed by atoms with Crippen LogP contribution in [0.1, 0.15) is 24.0 Å². The fourth-order valence-corrected chi connectivity index (χ4v) is 5.46. The van der Waals surface area contributed by atoms with Crippen molar-refractivity contribution in [3.63, 3.8) is 0 Å². The number of para-hydroxylation sites is 1. The van der Waals surface area contributed by atoms with Crippen LogP contribution >= 0.6 is 11.8 Å². The van der Waals surface area contributed by atoms with Crippen LogP contribution in [0.25, 0.3) is 22.4 Å². The van der Waals surface area contributed by atoms with Gasteiger partial charge >= 0.3 is 0 Å². The number of amides is 2. The van der Waals surface area contributed by atoms with Crippen molar-refractivity contribution in [2.75, 3.05) is 18.8 Å². The topological polar surface area (TPSA) is 116 Å². The second-order valence-electron chi connectivity index (χ2n) is 8.86. The van der Waals surface area contributed by atoms with E-state index in [1.165, 1.54) is 11.8 Å². The van der Waals surface area contributed by atoms with Crippen LogP contribution in [-0.4, -0.2) is 54.7 Å². The third-order valence-electron chi connectivity index (χ3n) is 6.71. The van der Waals surface area contributed by atoms with E-state index < -0.39 is 0 Å². The van der Waals surface area contributed by atoms with Gasteiger partial charge in [0.15, 0.2) is 5.16 Å². The van der Waals surface area contributed by atoms with E-state index in [4.69, 9.17) is 5.73 Å². The van der Waals surface area contributed by atoms with Crippen LogP contribution in [0, 0.1) is 19.8 Å². The van der Waals surface area contributed by atoms with Gasteiger partial charge in [-0.25, -0.2) is 4.57 Å². The highest BCUT2D eigenvalue weighted by Crippen LogP contribution is 2.26. The maximum Gasteiger partial charge on any atom is 0.267 e. The summed E-state index contributed by atoms with van der Waals surface area (Å²) >= 11 is 1.27. The molecule has 0 saturated carbocycles. The highest BCUT2D eigenvalue weighted by atomic mass is 32.2. The fraction of sp³-hybridized carbons (Fsp3) is 0.320. The van der Waals surface area contributed by atoms with Gasteiger partial charge in [0.05, 0.1) is 28.3 Å². The van der Waals surface area contributed by atoms with Gasteiger partial charge in [0.25, 0.3) is 5.56 Å². The number of thioether (sulfide) groups is 1. The van der Waals surface area contributed by atoms with Crippen LogP contribution in [0.5, 0.6) is 0 Å². The molecule has 2 aromatic heterocycles. The molecule has 1 saturated heterocycles. The lowest BCUT2D eigenvalue weighted by molar-refractivity contribution is -0.132. The van der Waals surface area contributed by atoms with Crippen LogP contribution in [0.15, 0.2) is 52.4 Å². The average Bonchev–Trinajstić information content (AvgIpc) is 3.29. The molecule has 1 aliphatic heterocycles. The van der Waals surface area contributed by atoms with Crippen LogP contribution in [0.2, 0.25) is 0 Å². The lowest BCUT2D eigenvalue weighted by Crippen LogP contribution is -2.44. The Morgan fingerprint density at radius 3 is 2.71 bits per heavy atom.